The molecule has 0 aliphatic rings. The Morgan fingerprint density at radius 2 is 1.89 bits per heavy atom. The van der Waals surface area contributed by atoms with Crippen molar-refractivity contribution in [2.24, 2.45) is 0 Å². The van der Waals surface area contributed by atoms with E-state index in [-0.39, 0.29) is 13.0 Å². The molecule has 0 radical (unpaired) electrons. The van der Waals surface area contributed by atoms with Crippen LogP contribution in [0.4, 0.5) is 0 Å². The first-order chi connectivity index (χ1) is 13.4. The number of aliphatic carboxylic acids is 1. The van der Waals surface area contributed by atoms with Crippen LogP contribution in [0.15, 0.2) is 63.8 Å². The summed E-state index contributed by atoms with van der Waals surface area (Å²) in [6.45, 7) is 1.44. The molecule has 0 fully saturated rings. The van der Waals surface area contributed by atoms with Gasteiger partial charge in [-0.05, 0) is 30.2 Å². The fourth-order valence-corrected chi connectivity index (χ4v) is 2.83. The van der Waals surface area contributed by atoms with Crippen molar-refractivity contribution in [2.75, 3.05) is 6.61 Å². The number of rotatable bonds is 7. The number of amides is 1. The molecule has 0 saturated carbocycles. The van der Waals surface area contributed by atoms with Crippen molar-refractivity contribution in [1.29, 1.82) is 0 Å². The van der Waals surface area contributed by atoms with Crippen molar-refractivity contribution >= 4 is 22.8 Å². The van der Waals surface area contributed by atoms with Gasteiger partial charge in [0.1, 0.15) is 17.4 Å². The highest BCUT2D eigenvalue weighted by atomic mass is 16.5. The molecule has 2 N–H and O–H groups in total. The molecule has 0 aliphatic heterocycles. The molecule has 0 aliphatic carbocycles. The SMILES string of the molecule is Cc1cc(=O)oc2cc(OCC(=O)N[C@@H](Cc3ccccc3)C(=O)O)ccc12. The lowest BCUT2D eigenvalue weighted by Crippen LogP contribution is -2.44. The Bertz CT molecular complexity index is 1060. The second-order valence-electron chi connectivity index (χ2n) is 6.34. The van der Waals surface area contributed by atoms with E-state index >= 15 is 0 Å². The molecule has 3 rings (SSSR count). The minimum Gasteiger partial charge on any atom is -0.484 e. The van der Waals surface area contributed by atoms with Crippen LogP contribution in [-0.2, 0) is 16.0 Å². The summed E-state index contributed by atoms with van der Waals surface area (Å²) in [7, 11) is 0. The van der Waals surface area contributed by atoms with Crippen molar-refractivity contribution in [3.05, 3.63) is 76.1 Å². The fraction of sp³-hybridized carbons (Fsp3) is 0.190. The highest BCUT2D eigenvalue weighted by Gasteiger charge is 2.20. The van der Waals surface area contributed by atoms with Crippen molar-refractivity contribution in [1.82, 2.24) is 5.32 Å². The van der Waals surface area contributed by atoms with E-state index in [1.54, 1.807) is 43.3 Å². The molecule has 1 amide bonds. The lowest BCUT2D eigenvalue weighted by atomic mass is 10.1. The molecular formula is C21H19NO6. The van der Waals surface area contributed by atoms with Crippen molar-refractivity contribution in [3.63, 3.8) is 0 Å². The minimum absolute atomic E-state index is 0.169. The number of hydrogen-bond donors (Lipinski definition) is 2. The van der Waals surface area contributed by atoms with Crippen LogP contribution in [-0.4, -0.2) is 29.6 Å². The third-order valence-electron chi connectivity index (χ3n) is 4.21. The molecule has 1 heterocycles. The van der Waals surface area contributed by atoms with E-state index in [0.29, 0.717) is 11.3 Å². The van der Waals surface area contributed by atoms with Gasteiger partial charge in [-0.2, -0.15) is 0 Å². The monoisotopic (exact) mass is 381 g/mol. The Labute approximate surface area is 160 Å². The van der Waals surface area contributed by atoms with Gasteiger partial charge in [-0.15, -0.1) is 0 Å². The van der Waals surface area contributed by atoms with Crippen LogP contribution in [0.5, 0.6) is 5.75 Å². The van der Waals surface area contributed by atoms with Gasteiger partial charge in [-0.25, -0.2) is 9.59 Å². The number of carbonyl (C=O) groups is 2. The van der Waals surface area contributed by atoms with Gasteiger partial charge >= 0.3 is 11.6 Å². The number of carbonyl (C=O) groups excluding carboxylic acids is 1. The van der Waals surface area contributed by atoms with E-state index in [9.17, 15) is 19.5 Å². The predicted octanol–water partition coefficient (Wildman–Crippen LogP) is 2.29. The summed E-state index contributed by atoms with van der Waals surface area (Å²) in [5, 5.41) is 12.6. The zero-order chi connectivity index (χ0) is 20.1. The molecular weight excluding hydrogens is 362 g/mol. The Kier molecular flexibility index (Phi) is 5.74. The number of fused-ring (bicyclic) bond motifs is 1. The first-order valence-corrected chi connectivity index (χ1v) is 8.66. The van der Waals surface area contributed by atoms with Crippen LogP contribution < -0.4 is 15.7 Å². The van der Waals surface area contributed by atoms with Crippen LogP contribution in [0.25, 0.3) is 11.0 Å². The zero-order valence-corrected chi connectivity index (χ0v) is 15.2. The highest BCUT2D eigenvalue weighted by molar-refractivity contribution is 5.85. The summed E-state index contributed by atoms with van der Waals surface area (Å²) in [4.78, 5) is 35.0. The van der Waals surface area contributed by atoms with E-state index in [0.717, 1.165) is 16.5 Å². The topological polar surface area (TPSA) is 106 Å². The van der Waals surface area contributed by atoms with Crippen molar-refractivity contribution in [3.8, 4) is 5.75 Å². The van der Waals surface area contributed by atoms with Gasteiger partial charge in [-0.1, -0.05) is 30.3 Å². The number of carboxylic acids is 1. The lowest BCUT2D eigenvalue weighted by Gasteiger charge is -2.15. The maximum Gasteiger partial charge on any atom is 0.336 e. The summed E-state index contributed by atoms with van der Waals surface area (Å²) >= 11 is 0. The van der Waals surface area contributed by atoms with Crippen molar-refractivity contribution < 1.29 is 23.8 Å². The van der Waals surface area contributed by atoms with E-state index in [4.69, 9.17) is 9.15 Å². The average molecular weight is 381 g/mol. The molecule has 1 atom stereocenters. The largest absolute Gasteiger partial charge is 0.484 e. The zero-order valence-electron chi connectivity index (χ0n) is 15.2. The normalized spacial score (nSPS) is 11.8. The summed E-state index contributed by atoms with van der Waals surface area (Å²) in [5.74, 6) is -1.35. The second-order valence-corrected chi connectivity index (χ2v) is 6.34. The number of nitrogens with one attached hydrogen (secondary N) is 1. The van der Waals surface area contributed by atoms with Crippen LogP contribution in [0, 0.1) is 6.92 Å². The molecule has 0 bridgehead atoms. The van der Waals surface area contributed by atoms with Crippen LogP contribution >= 0.6 is 0 Å². The minimum atomic E-state index is -1.12. The first kappa shape index (κ1) is 19.2. The third kappa shape index (κ3) is 4.76. The van der Waals surface area contributed by atoms with E-state index in [1.165, 1.54) is 12.1 Å². The Balaban J connectivity index is 1.63. The van der Waals surface area contributed by atoms with Crippen molar-refractivity contribution in [2.45, 2.75) is 19.4 Å². The Morgan fingerprint density at radius 1 is 1.14 bits per heavy atom. The highest BCUT2D eigenvalue weighted by Crippen LogP contribution is 2.22. The average Bonchev–Trinajstić information content (AvgIpc) is 2.66. The maximum atomic E-state index is 12.1. The van der Waals surface area contributed by atoms with E-state index < -0.39 is 23.5 Å². The number of aryl methyl sites for hydroxylation is 1. The number of benzene rings is 2. The van der Waals surface area contributed by atoms with Crippen LogP contribution in [0.1, 0.15) is 11.1 Å². The Hall–Kier alpha value is -3.61. The number of carboxylic acid groups (broad SMARTS) is 1. The third-order valence-corrected chi connectivity index (χ3v) is 4.21. The molecule has 1 aromatic heterocycles. The second kappa shape index (κ2) is 8.39. The van der Waals surface area contributed by atoms with Gasteiger partial charge in [0.25, 0.3) is 5.91 Å². The quantitative estimate of drug-likeness (QED) is 0.608. The van der Waals surface area contributed by atoms with Crippen LogP contribution in [0.3, 0.4) is 0 Å². The number of hydrogen-bond acceptors (Lipinski definition) is 5. The number of ether oxygens (including phenoxy) is 1. The molecule has 144 valence electrons. The molecule has 0 saturated heterocycles. The molecule has 3 aromatic rings. The smallest absolute Gasteiger partial charge is 0.336 e. The van der Waals surface area contributed by atoms with E-state index in [1.807, 2.05) is 6.07 Å². The standard InChI is InChI=1S/C21H19NO6/c1-13-9-20(24)28-18-11-15(7-8-16(13)18)27-12-19(23)22-17(21(25)26)10-14-5-3-2-4-6-14/h2-9,11,17H,10,12H2,1H3,(H,22,23)(H,25,26)/t17-/m0/s1. The molecule has 2 aromatic carbocycles. The van der Waals surface area contributed by atoms with Gasteiger partial charge < -0.3 is 19.6 Å². The van der Waals surface area contributed by atoms with Gasteiger partial charge in [0.05, 0.1) is 0 Å². The molecule has 7 nitrogen and oxygen atoms in total. The first-order valence-electron chi connectivity index (χ1n) is 8.66. The van der Waals surface area contributed by atoms with Crippen LogP contribution in [0.2, 0.25) is 0 Å². The van der Waals surface area contributed by atoms with Gasteiger partial charge in [0, 0.05) is 23.9 Å². The maximum absolute atomic E-state index is 12.1. The Morgan fingerprint density at radius 3 is 2.61 bits per heavy atom. The summed E-state index contributed by atoms with van der Waals surface area (Å²) < 4.78 is 10.6. The molecule has 0 unspecified atom stereocenters. The molecule has 0 spiro atoms. The summed E-state index contributed by atoms with van der Waals surface area (Å²) in [6.07, 6.45) is 0.169. The summed E-state index contributed by atoms with van der Waals surface area (Å²) in [5.41, 5.74) is 1.47. The summed E-state index contributed by atoms with van der Waals surface area (Å²) in [6, 6.07) is 14.3. The van der Waals surface area contributed by atoms with Gasteiger partial charge in [0.2, 0.25) is 0 Å². The predicted molar refractivity (Wildman–Crippen MR) is 102 cm³/mol. The molecule has 7 heteroatoms. The molecule has 28 heavy (non-hydrogen) atoms. The fourth-order valence-electron chi connectivity index (χ4n) is 2.83. The van der Waals surface area contributed by atoms with Gasteiger partial charge in [-0.3, -0.25) is 4.79 Å². The lowest BCUT2D eigenvalue weighted by molar-refractivity contribution is -0.142. The van der Waals surface area contributed by atoms with Gasteiger partial charge in [0.15, 0.2) is 6.61 Å². The van der Waals surface area contributed by atoms with E-state index in [2.05, 4.69) is 5.32 Å².